The average Bonchev–Trinajstić information content (AvgIpc) is 2.36. The van der Waals surface area contributed by atoms with Crippen molar-refractivity contribution in [1.82, 2.24) is 10.2 Å². The van der Waals surface area contributed by atoms with Gasteiger partial charge in [0, 0.05) is 31.7 Å². The maximum absolute atomic E-state index is 13.3. The van der Waals surface area contributed by atoms with Gasteiger partial charge in [-0.15, -0.1) is 24.8 Å². The highest BCUT2D eigenvalue weighted by atomic mass is 35.5. The lowest BCUT2D eigenvalue weighted by atomic mass is 10.0. The third-order valence-electron chi connectivity index (χ3n) is 3.28. The van der Waals surface area contributed by atoms with Gasteiger partial charge in [0.25, 0.3) is 0 Å². The molecular formula is C13H21Cl2FN2O. The molecule has 0 unspecified atom stereocenters. The summed E-state index contributed by atoms with van der Waals surface area (Å²) in [6, 6.07) is 5.04. The van der Waals surface area contributed by atoms with Gasteiger partial charge < -0.3 is 10.4 Å². The molecule has 0 aliphatic carbocycles. The van der Waals surface area contributed by atoms with Crippen molar-refractivity contribution in [1.29, 1.82) is 0 Å². The van der Waals surface area contributed by atoms with E-state index in [0.717, 1.165) is 31.7 Å². The molecule has 1 saturated heterocycles. The van der Waals surface area contributed by atoms with Gasteiger partial charge in [-0.05, 0) is 13.0 Å². The highest BCUT2D eigenvalue weighted by Crippen LogP contribution is 2.30. The van der Waals surface area contributed by atoms with Gasteiger partial charge in [0.2, 0.25) is 0 Å². The van der Waals surface area contributed by atoms with Gasteiger partial charge in [-0.1, -0.05) is 17.7 Å². The zero-order chi connectivity index (χ0) is 12.3. The molecule has 1 aromatic carbocycles. The molecule has 6 heteroatoms. The summed E-state index contributed by atoms with van der Waals surface area (Å²) in [5.41, 5.74) is 1.75. The topological polar surface area (TPSA) is 35.5 Å². The van der Waals surface area contributed by atoms with Gasteiger partial charge >= 0.3 is 0 Å². The minimum atomic E-state index is -0.461. The number of aryl methyl sites for hydroxylation is 1. The average molecular weight is 311 g/mol. The number of phenolic OH excluding ortho intramolecular Hbond substituents is 1. The van der Waals surface area contributed by atoms with E-state index in [2.05, 4.69) is 10.2 Å². The maximum atomic E-state index is 13.3. The predicted octanol–water partition coefficient (Wildman–Crippen LogP) is 2.46. The van der Waals surface area contributed by atoms with Gasteiger partial charge in [0.05, 0.1) is 6.04 Å². The summed E-state index contributed by atoms with van der Waals surface area (Å²) in [4.78, 5) is 2.09. The molecule has 2 N–H and O–H groups in total. The number of benzene rings is 1. The number of nitrogens with zero attached hydrogens (tertiary/aromatic N) is 1. The van der Waals surface area contributed by atoms with Crippen LogP contribution in [0, 0.1) is 6.92 Å². The molecular weight excluding hydrogens is 290 g/mol. The molecule has 1 atom stereocenters. The Morgan fingerprint density at radius 2 is 1.95 bits per heavy atom. The second-order valence-corrected chi connectivity index (χ2v) is 4.52. The third-order valence-corrected chi connectivity index (χ3v) is 3.28. The number of nitrogens with one attached hydrogen (secondary N) is 1. The van der Waals surface area contributed by atoms with Crippen molar-refractivity contribution in [2.75, 3.05) is 32.9 Å². The normalized spacial score (nSPS) is 17.2. The molecule has 19 heavy (non-hydrogen) atoms. The Bertz CT molecular complexity index is 387. The second-order valence-electron chi connectivity index (χ2n) is 4.52. The van der Waals surface area contributed by atoms with E-state index in [-0.39, 0.29) is 36.6 Å². The van der Waals surface area contributed by atoms with E-state index in [1.807, 2.05) is 19.1 Å². The van der Waals surface area contributed by atoms with Gasteiger partial charge in [-0.25, -0.2) is 4.39 Å². The number of piperazine rings is 1. The Morgan fingerprint density at radius 1 is 1.32 bits per heavy atom. The summed E-state index contributed by atoms with van der Waals surface area (Å²) in [5, 5.41) is 13.1. The highest BCUT2D eigenvalue weighted by molar-refractivity contribution is 5.85. The molecule has 0 aromatic heterocycles. The first kappa shape index (κ1) is 18.4. The largest absolute Gasteiger partial charge is 0.508 e. The Morgan fingerprint density at radius 3 is 2.53 bits per heavy atom. The fraction of sp³-hybridized carbons (Fsp3) is 0.538. The highest BCUT2D eigenvalue weighted by Gasteiger charge is 2.24. The third kappa shape index (κ3) is 4.49. The van der Waals surface area contributed by atoms with E-state index in [0.29, 0.717) is 5.56 Å². The lowest BCUT2D eigenvalue weighted by molar-refractivity contribution is 0.145. The number of rotatable bonds is 3. The summed E-state index contributed by atoms with van der Waals surface area (Å²) >= 11 is 0. The molecule has 0 radical (unpaired) electrons. The fourth-order valence-electron chi connectivity index (χ4n) is 2.31. The molecule has 0 amide bonds. The van der Waals surface area contributed by atoms with E-state index in [1.54, 1.807) is 6.07 Å². The molecule has 1 aliphatic rings. The van der Waals surface area contributed by atoms with Crippen LogP contribution < -0.4 is 5.32 Å². The Hall–Kier alpha value is -0.550. The zero-order valence-electron chi connectivity index (χ0n) is 10.9. The minimum Gasteiger partial charge on any atom is -0.508 e. The van der Waals surface area contributed by atoms with Crippen LogP contribution in [0.4, 0.5) is 4.39 Å². The zero-order valence-corrected chi connectivity index (χ0v) is 12.6. The Kier molecular flexibility index (Phi) is 8.34. The summed E-state index contributed by atoms with van der Waals surface area (Å²) in [6.45, 7) is 4.89. The van der Waals surface area contributed by atoms with Gasteiger partial charge in [-0.3, -0.25) is 4.90 Å². The summed E-state index contributed by atoms with van der Waals surface area (Å²) in [7, 11) is 0. The van der Waals surface area contributed by atoms with E-state index in [1.165, 1.54) is 0 Å². The molecule has 1 aromatic rings. The number of hydrogen-bond donors (Lipinski definition) is 2. The van der Waals surface area contributed by atoms with Crippen molar-refractivity contribution in [3.8, 4) is 5.75 Å². The lowest BCUT2D eigenvalue weighted by Gasteiger charge is -2.34. The van der Waals surface area contributed by atoms with Crippen LogP contribution in [0.15, 0.2) is 18.2 Å². The van der Waals surface area contributed by atoms with Crippen molar-refractivity contribution in [3.63, 3.8) is 0 Å². The van der Waals surface area contributed by atoms with Crippen molar-refractivity contribution >= 4 is 24.8 Å². The van der Waals surface area contributed by atoms with Crippen LogP contribution in [0.3, 0.4) is 0 Å². The molecule has 0 spiro atoms. The minimum absolute atomic E-state index is 0. The van der Waals surface area contributed by atoms with Crippen LogP contribution in [0.25, 0.3) is 0 Å². The molecule has 1 heterocycles. The maximum Gasteiger partial charge on any atom is 0.120 e. The van der Waals surface area contributed by atoms with Crippen LogP contribution >= 0.6 is 24.8 Å². The van der Waals surface area contributed by atoms with Crippen molar-refractivity contribution in [2.45, 2.75) is 13.0 Å². The molecule has 2 rings (SSSR count). The Balaban J connectivity index is 0.00000162. The van der Waals surface area contributed by atoms with Crippen LogP contribution in [0.5, 0.6) is 5.75 Å². The first-order valence-electron chi connectivity index (χ1n) is 6.02. The van der Waals surface area contributed by atoms with Gasteiger partial charge in [0.15, 0.2) is 0 Å². The predicted molar refractivity (Wildman–Crippen MR) is 80.5 cm³/mol. The number of aromatic hydroxyl groups is 1. The standard InChI is InChI=1S/C13H19FN2O.2ClH/c1-10-2-3-13(17)11(8-10)12(9-14)16-6-4-15-5-7-16;;/h2-3,8,12,15,17H,4-7,9H2,1H3;2*1H/t12-;;/m0../s1. The van der Waals surface area contributed by atoms with Crippen molar-refractivity contribution < 1.29 is 9.50 Å². The van der Waals surface area contributed by atoms with Gasteiger partial charge in [-0.2, -0.15) is 0 Å². The van der Waals surface area contributed by atoms with Crippen LogP contribution in [-0.4, -0.2) is 42.9 Å². The second kappa shape index (κ2) is 8.59. The van der Waals surface area contributed by atoms with Gasteiger partial charge in [0.1, 0.15) is 12.4 Å². The summed E-state index contributed by atoms with van der Waals surface area (Å²) in [5.74, 6) is 0.191. The number of hydrogen-bond acceptors (Lipinski definition) is 3. The molecule has 3 nitrogen and oxygen atoms in total. The molecule has 0 bridgehead atoms. The molecule has 110 valence electrons. The van der Waals surface area contributed by atoms with Crippen LogP contribution in [0.2, 0.25) is 0 Å². The summed E-state index contributed by atoms with van der Waals surface area (Å²) < 4.78 is 13.3. The number of alkyl halides is 1. The van der Waals surface area contributed by atoms with E-state index in [4.69, 9.17) is 0 Å². The summed E-state index contributed by atoms with van der Waals surface area (Å²) in [6.07, 6.45) is 0. The lowest BCUT2D eigenvalue weighted by Crippen LogP contribution is -2.45. The first-order valence-corrected chi connectivity index (χ1v) is 6.02. The molecule has 0 saturated carbocycles. The number of halogens is 3. The smallest absolute Gasteiger partial charge is 0.120 e. The van der Waals surface area contributed by atoms with Crippen molar-refractivity contribution in [2.24, 2.45) is 0 Å². The van der Waals surface area contributed by atoms with E-state index in [9.17, 15) is 9.50 Å². The molecule has 1 aliphatic heterocycles. The first-order chi connectivity index (χ1) is 8.22. The van der Waals surface area contributed by atoms with E-state index >= 15 is 0 Å². The Labute approximate surface area is 126 Å². The van der Waals surface area contributed by atoms with Crippen molar-refractivity contribution in [3.05, 3.63) is 29.3 Å². The van der Waals surface area contributed by atoms with Crippen LogP contribution in [0.1, 0.15) is 17.2 Å². The SMILES string of the molecule is Cc1ccc(O)c([C@H](CF)N2CCNCC2)c1.Cl.Cl. The van der Waals surface area contributed by atoms with Crippen LogP contribution in [-0.2, 0) is 0 Å². The number of phenols is 1. The monoisotopic (exact) mass is 310 g/mol. The van der Waals surface area contributed by atoms with E-state index < -0.39 is 6.67 Å². The molecule has 1 fully saturated rings. The quantitative estimate of drug-likeness (QED) is 0.900. The fourth-order valence-corrected chi connectivity index (χ4v) is 2.31.